The Morgan fingerprint density at radius 1 is 1.43 bits per heavy atom. The van der Waals surface area contributed by atoms with Gasteiger partial charge in [0.15, 0.2) is 0 Å². The van der Waals surface area contributed by atoms with Crippen LogP contribution in [0.25, 0.3) is 0 Å². The maximum absolute atomic E-state index is 6.03. The third-order valence-corrected chi connectivity index (χ3v) is 4.31. The summed E-state index contributed by atoms with van der Waals surface area (Å²) >= 11 is 7.88. The Balaban J connectivity index is 2.41. The molecule has 0 aromatic carbocycles. The Labute approximate surface area is 96.3 Å². The van der Waals surface area contributed by atoms with Crippen LogP contribution >= 0.6 is 22.9 Å². The standard InChI is InChI=1S/C12H19ClS/c1-3-7-12(2,10-13)8-6-11-5-4-9-14-11/h4-5,9H,3,6-8,10H2,1-2H3. The van der Waals surface area contributed by atoms with E-state index in [1.54, 1.807) is 0 Å². The summed E-state index contributed by atoms with van der Waals surface area (Å²) in [7, 11) is 0. The summed E-state index contributed by atoms with van der Waals surface area (Å²) in [5.41, 5.74) is 0.334. The van der Waals surface area contributed by atoms with Crippen LogP contribution in [0.2, 0.25) is 0 Å². The van der Waals surface area contributed by atoms with Crippen molar-refractivity contribution in [1.82, 2.24) is 0 Å². The zero-order valence-electron chi connectivity index (χ0n) is 9.05. The number of hydrogen-bond donors (Lipinski definition) is 0. The van der Waals surface area contributed by atoms with Crippen LogP contribution in [0, 0.1) is 5.41 Å². The largest absolute Gasteiger partial charge is 0.149 e. The van der Waals surface area contributed by atoms with Gasteiger partial charge in [0.05, 0.1) is 0 Å². The molecule has 0 amide bonds. The monoisotopic (exact) mass is 230 g/mol. The van der Waals surface area contributed by atoms with Gasteiger partial charge in [0.2, 0.25) is 0 Å². The molecule has 0 saturated carbocycles. The van der Waals surface area contributed by atoms with Gasteiger partial charge in [-0.15, -0.1) is 22.9 Å². The summed E-state index contributed by atoms with van der Waals surface area (Å²) in [4.78, 5) is 1.48. The van der Waals surface area contributed by atoms with Gasteiger partial charge in [-0.3, -0.25) is 0 Å². The molecule has 14 heavy (non-hydrogen) atoms. The van der Waals surface area contributed by atoms with Gasteiger partial charge < -0.3 is 0 Å². The molecule has 0 N–H and O–H groups in total. The summed E-state index contributed by atoms with van der Waals surface area (Å²) in [6.07, 6.45) is 4.86. The minimum atomic E-state index is 0.334. The molecule has 0 saturated heterocycles. The molecular formula is C12H19ClS. The summed E-state index contributed by atoms with van der Waals surface area (Å²) in [5.74, 6) is 0.784. The van der Waals surface area contributed by atoms with Gasteiger partial charge in [0, 0.05) is 10.8 Å². The van der Waals surface area contributed by atoms with Crippen LogP contribution in [0.3, 0.4) is 0 Å². The third kappa shape index (κ3) is 3.62. The van der Waals surface area contributed by atoms with E-state index < -0.39 is 0 Å². The Bertz CT molecular complexity index is 243. The van der Waals surface area contributed by atoms with E-state index in [-0.39, 0.29) is 0 Å². The summed E-state index contributed by atoms with van der Waals surface area (Å²) < 4.78 is 0. The first kappa shape index (κ1) is 12.1. The molecule has 0 bridgehead atoms. The molecule has 1 unspecified atom stereocenters. The lowest BCUT2D eigenvalue weighted by Gasteiger charge is -2.26. The first-order chi connectivity index (χ1) is 6.70. The zero-order chi connectivity index (χ0) is 10.4. The van der Waals surface area contributed by atoms with Gasteiger partial charge in [-0.05, 0) is 36.1 Å². The molecular weight excluding hydrogens is 212 g/mol. The van der Waals surface area contributed by atoms with E-state index in [1.807, 2.05) is 11.3 Å². The van der Waals surface area contributed by atoms with Crippen LogP contribution < -0.4 is 0 Å². The molecule has 1 rings (SSSR count). The Kier molecular flexibility index (Phi) is 4.97. The van der Waals surface area contributed by atoms with E-state index in [2.05, 4.69) is 31.4 Å². The fraction of sp³-hybridized carbons (Fsp3) is 0.667. The van der Waals surface area contributed by atoms with E-state index in [0.717, 1.165) is 5.88 Å². The van der Waals surface area contributed by atoms with Crippen molar-refractivity contribution in [2.45, 2.75) is 39.5 Å². The number of aryl methyl sites for hydroxylation is 1. The van der Waals surface area contributed by atoms with Crippen LogP contribution in [0.15, 0.2) is 17.5 Å². The second-order valence-corrected chi connectivity index (χ2v) is 5.57. The average Bonchev–Trinajstić information content (AvgIpc) is 2.68. The predicted molar refractivity (Wildman–Crippen MR) is 66.4 cm³/mol. The number of alkyl halides is 1. The molecule has 0 fully saturated rings. The van der Waals surface area contributed by atoms with Gasteiger partial charge in [-0.1, -0.05) is 26.3 Å². The molecule has 0 radical (unpaired) electrons. The van der Waals surface area contributed by atoms with Crippen molar-refractivity contribution in [3.8, 4) is 0 Å². The third-order valence-electron chi connectivity index (χ3n) is 2.73. The lowest BCUT2D eigenvalue weighted by Crippen LogP contribution is -2.18. The lowest BCUT2D eigenvalue weighted by atomic mass is 9.83. The Morgan fingerprint density at radius 2 is 2.21 bits per heavy atom. The van der Waals surface area contributed by atoms with Crippen LogP contribution in [0.5, 0.6) is 0 Å². The van der Waals surface area contributed by atoms with E-state index in [9.17, 15) is 0 Å². The maximum Gasteiger partial charge on any atom is 0.0277 e. The molecule has 1 heterocycles. The quantitative estimate of drug-likeness (QED) is 0.620. The highest BCUT2D eigenvalue weighted by molar-refractivity contribution is 7.09. The van der Waals surface area contributed by atoms with Gasteiger partial charge >= 0.3 is 0 Å². The highest BCUT2D eigenvalue weighted by Crippen LogP contribution is 2.31. The van der Waals surface area contributed by atoms with Crippen LogP contribution in [-0.4, -0.2) is 5.88 Å². The molecule has 0 aliphatic heterocycles. The minimum absolute atomic E-state index is 0.334. The number of rotatable bonds is 6. The van der Waals surface area contributed by atoms with Gasteiger partial charge in [0.1, 0.15) is 0 Å². The predicted octanol–water partition coefficient (Wildman–Crippen LogP) is 4.73. The second-order valence-electron chi connectivity index (χ2n) is 4.27. The van der Waals surface area contributed by atoms with Crippen molar-refractivity contribution in [3.05, 3.63) is 22.4 Å². The fourth-order valence-electron chi connectivity index (χ4n) is 1.74. The molecule has 0 aliphatic rings. The van der Waals surface area contributed by atoms with E-state index in [1.165, 1.54) is 30.6 Å². The van der Waals surface area contributed by atoms with Crippen LogP contribution in [-0.2, 0) is 6.42 Å². The van der Waals surface area contributed by atoms with Crippen molar-refractivity contribution in [3.63, 3.8) is 0 Å². The SMILES string of the molecule is CCCC(C)(CCl)CCc1cccs1. The van der Waals surface area contributed by atoms with E-state index in [0.29, 0.717) is 5.41 Å². The van der Waals surface area contributed by atoms with Crippen LogP contribution in [0.1, 0.15) is 38.0 Å². The van der Waals surface area contributed by atoms with Crippen molar-refractivity contribution < 1.29 is 0 Å². The van der Waals surface area contributed by atoms with E-state index >= 15 is 0 Å². The first-order valence-corrected chi connectivity index (χ1v) is 6.70. The highest BCUT2D eigenvalue weighted by atomic mass is 35.5. The summed E-state index contributed by atoms with van der Waals surface area (Å²) in [6, 6.07) is 4.34. The van der Waals surface area contributed by atoms with Gasteiger partial charge in [-0.2, -0.15) is 0 Å². The molecule has 1 aromatic rings. The first-order valence-electron chi connectivity index (χ1n) is 5.28. The molecule has 0 spiro atoms. The van der Waals surface area contributed by atoms with Gasteiger partial charge in [-0.25, -0.2) is 0 Å². The topological polar surface area (TPSA) is 0 Å². The molecule has 0 aliphatic carbocycles. The second kappa shape index (κ2) is 5.77. The fourth-order valence-corrected chi connectivity index (χ4v) is 2.72. The molecule has 80 valence electrons. The van der Waals surface area contributed by atoms with Crippen molar-refractivity contribution in [2.24, 2.45) is 5.41 Å². The smallest absolute Gasteiger partial charge is 0.0277 e. The lowest BCUT2D eigenvalue weighted by molar-refractivity contribution is 0.311. The van der Waals surface area contributed by atoms with Crippen molar-refractivity contribution in [2.75, 3.05) is 5.88 Å². The minimum Gasteiger partial charge on any atom is -0.149 e. The normalized spacial score (nSPS) is 15.4. The van der Waals surface area contributed by atoms with Crippen LogP contribution in [0.4, 0.5) is 0 Å². The zero-order valence-corrected chi connectivity index (χ0v) is 10.6. The van der Waals surface area contributed by atoms with Gasteiger partial charge in [0.25, 0.3) is 0 Å². The Hall–Kier alpha value is -0.0100. The number of thiophene rings is 1. The molecule has 0 nitrogen and oxygen atoms in total. The molecule has 1 aromatic heterocycles. The molecule has 1 atom stereocenters. The van der Waals surface area contributed by atoms with E-state index in [4.69, 9.17) is 11.6 Å². The molecule has 2 heteroatoms. The highest BCUT2D eigenvalue weighted by Gasteiger charge is 2.21. The Morgan fingerprint density at radius 3 is 2.71 bits per heavy atom. The number of hydrogen-bond acceptors (Lipinski definition) is 1. The average molecular weight is 231 g/mol. The summed E-state index contributed by atoms with van der Waals surface area (Å²) in [6.45, 7) is 4.53. The van der Waals surface area contributed by atoms with Crippen molar-refractivity contribution >= 4 is 22.9 Å². The summed E-state index contributed by atoms with van der Waals surface area (Å²) in [5, 5.41) is 2.15. The maximum atomic E-state index is 6.03. The number of halogens is 1. The van der Waals surface area contributed by atoms with Crippen molar-refractivity contribution in [1.29, 1.82) is 0 Å².